The minimum absolute atomic E-state index is 0.318. The number of aryl methyl sites for hydroxylation is 1. The third kappa shape index (κ3) is 2.97. The van der Waals surface area contributed by atoms with Crippen LogP contribution in [0.1, 0.15) is 15.4 Å². The minimum Gasteiger partial charge on any atom is -0.321 e. The van der Waals surface area contributed by atoms with E-state index in [0.29, 0.717) is 16.3 Å². The molecular weight excluding hydrogens is 356 g/mol. The highest BCUT2D eigenvalue weighted by Gasteiger charge is 2.17. The Labute approximate surface area is 151 Å². The summed E-state index contributed by atoms with van der Waals surface area (Å²) in [7, 11) is 0. The maximum Gasteiger partial charge on any atom is 0.265 e. The number of carbonyl (C=O) groups is 1. The lowest BCUT2D eigenvalue weighted by molar-refractivity contribution is 0.103. The maximum atomic E-state index is 13.3. The summed E-state index contributed by atoms with van der Waals surface area (Å²) in [6.45, 7) is 1.85. The van der Waals surface area contributed by atoms with Gasteiger partial charge in [-0.1, -0.05) is 6.07 Å². The molecule has 26 heavy (non-hydrogen) atoms. The van der Waals surface area contributed by atoms with Crippen molar-refractivity contribution in [2.75, 3.05) is 5.32 Å². The van der Waals surface area contributed by atoms with E-state index in [1.807, 2.05) is 6.92 Å². The summed E-state index contributed by atoms with van der Waals surface area (Å²) >= 11 is 1.28. The molecular formula is C19H13F2N3OS. The Morgan fingerprint density at radius 1 is 1.08 bits per heavy atom. The Hall–Kier alpha value is -3.06. The topological polar surface area (TPSA) is 46.9 Å². The van der Waals surface area contributed by atoms with E-state index in [4.69, 9.17) is 0 Å². The zero-order valence-corrected chi connectivity index (χ0v) is 14.5. The molecule has 4 nitrogen and oxygen atoms in total. The van der Waals surface area contributed by atoms with E-state index in [1.165, 1.54) is 41.7 Å². The zero-order valence-electron chi connectivity index (χ0n) is 13.7. The summed E-state index contributed by atoms with van der Waals surface area (Å²) in [4.78, 5) is 13.8. The van der Waals surface area contributed by atoms with Crippen molar-refractivity contribution in [2.24, 2.45) is 0 Å². The summed E-state index contributed by atoms with van der Waals surface area (Å²) in [5.41, 5.74) is 1.87. The molecule has 2 aromatic heterocycles. The van der Waals surface area contributed by atoms with E-state index in [-0.39, 0.29) is 11.7 Å². The first-order chi connectivity index (χ1) is 12.5. The van der Waals surface area contributed by atoms with Crippen molar-refractivity contribution < 1.29 is 13.6 Å². The van der Waals surface area contributed by atoms with E-state index >= 15 is 0 Å². The van der Waals surface area contributed by atoms with Crippen LogP contribution >= 0.6 is 11.3 Å². The van der Waals surface area contributed by atoms with Crippen molar-refractivity contribution in [1.29, 1.82) is 0 Å². The SMILES string of the molecule is Cc1nn(-c2ccc(F)cc2)c2sc(C(=O)Nc3cccc(F)c3)cc12. The highest BCUT2D eigenvalue weighted by atomic mass is 32.1. The lowest BCUT2D eigenvalue weighted by Crippen LogP contribution is -2.10. The van der Waals surface area contributed by atoms with E-state index in [0.717, 1.165) is 15.9 Å². The number of fused-ring (bicyclic) bond motifs is 1. The zero-order chi connectivity index (χ0) is 18.3. The predicted octanol–water partition coefficient (Wildman–Crippen LogP) is 4.93. The highest BCUT2D eigenvalue weighted by Crippen LogP contribution is 2.31. The molecule has 0 unspecified atom stereocenters. The van der Waals surface area contributed by atoms with Crippen LogP contribution in [0, 0.1) is 18.6 Å². The van der Waals surface area contributed by atoms with Crippen molar-refractivity contribution in [2.45, 2.75) is 6.92 Å². The minimum atomic E-state index is -0.415. The quantitative estimate of drug-likeness (QED) is 0.557. The van der Waals surface area contributed by atoms with Crippen LogP contribution in [0.5, 0.6) is 0 Å². The molecule has 4 aromatic rings. The molecule has 0 aliphatic rings. The van der Waals surface area contributed by atoms with Gasteiger partial charge in [0.1, 0.15) is 16.5 Å². The average molecular weight is 369 g/mol. The van der Waals surface area contributed by atoms with Crippen molar-refractivity contribution in [3.63, 3.8) is 0 Å². The predicted molar refractivity (Wildman–Crippen MR) is 98.0 cm³/mol. The Morgan fingerprint density at radius 3 is 2.58 bits per heavy atom. The summed E-state index contributed by atoms with van der Waals surface area (Å²) in [6.07, 6.45) is 0. The number of thiophene rings is 1. The Balaban J connectivity index is 1.70. The lowest BCUT2D eigenvalue weighted by atomic mass is 10.3. The van der Waals surface area contributed by atoms with Crippen LogP contribution in [0.2, 0.25) is 0 Å². The van der Waals surface area contributed by atoms with Crippen LogP contribution in [0.3, 0.4) is 0 Å². The lowest BCUT2D eigenvalue weighted by Gasteiger charge is -2.04. The molecule has 0 fully saturated rings. The summed E-state index contributed by atoms with van der Waals surface area (Å²) in [6, 6.07) is 13.5. The van der Waals surface area contributed by atoms with Crippen LogP contribution in [0.15, 0.2) is 54.6 Å². The number of hydrogen-bond acceptors (Lipinski definition) is 3. The number of nitrogens with zero attached hydrogens (tertiary/aromatic N) is 2. The summed E-state index contributed by atoms with van der Waals surface area (Å²) in [5, 5.41) is 8.01. The fourth-order valence-corrected chi connectivity index (χ4v) is 3.75. The molecule has 0 saturated carbocycles. The first-order valence-electron chi connectivity index (χ1n) is 7.83. The normalized spacial score (nSPS) is 11.0. The maximum absolute atomic E-state index is 13.3. The molecule has 0 saturated heterocycles. The number of anilines is 1. The van der Waals surface area contributed by atoms with Gasteiger partial charge in [-0.05, 0) is 55.5 Å². The second-order valence-electron chi connectivity index (χ2n) is 5.77. The number of nitrogens with one attached hydrogen (secondary N) is 1. The van der Waals surface area contributed by atoms with Gasteiger partial charge in [0, 0.05) is 11.1 Å². The van der Waals surface area contributed by atoms with E-state index in [1.54, 1.807) is 28.9 Å². The largest absolute Gasteiger partial charge is 0.321 e. The van der Waals surface area contributed by atoms with Gasteiger partial charge < -0.3 is 5.32 Å². The van der Waals surface area contributed by atoms with Crippen molar-refractivity contribution in [3.05, 3.63) is 76.8 Å². The molecule has 2 heterocycles. The van der Waals surface area contributed by atoms with Gasteiger partial charge in [0.15, 0.2) is 0 Å². The molecule has 0 spiro atoms. The van der Waals surface area contributed by atoms with Crippen LogP contribution in [0.25, 0.3) is 15.9 Å². The molecule has 1 N–H and O–H groups in total. The third-order valence-electron chi connectivity index (χ3n) is 3.92. The van der Waals surface area contributed by atoms with E-state index in [9.17, 15) is 13.6 Å². The number of benzene rings is 2. The number of halogens is 2. The van der Waals surface area contributed by atoms with E-state index in [2.05, 4.69) is 10.4 Å². The second-order valence-corrected chi connectivity index (χ2v) is 6.80. The smallest absolute Gasteiger partial charge is 0.265 e. The second kappa shape index (κ2) is 6.34. The van der Waals surface area contributed by atoms with Crippen LogP contribution in [-0.2, 0) is 0 Å². The van der Waals surface area contributed by atoms with Gasteiger partial charge in [-0.3, -0.25) is 4.79 Å². The first-order valence-corrected chi connectivity index (χ1v) is 8.65. The van der Waals surface area contributed by atoms with Crippen LogP contribution in [-0.4, -0.2) is 15.7 Å². The molecule has 1 amide bonds. The molecule has 0 atom stereocenters. The van der Waals surface area contributed by atoms with Gasteiger partial charge in [-0.2, -0.15) is 5.10 Å². The van der Waals surface area contributed by atoms with Gasteiger partial charge in [0.25, 0.3) is 5.91 Å². The summed E-state index contributed by atoms with van der Waals surface area (Å²) < 4.78 is 28.1. The molecule has 7 heteroatoms. The Bertz CT molecular complexity index is 1120. The van der Waals surface area contributed by atoms with Gasteiger partial charge in [-0.15, -0.1) is 11.3 Å². The van der Waals surface area contributed by atoms with Crippen LogP contribution in [0.4, 0.5) is 14.5 Å². The van der Waals surface area contributed by atoms with Crippen molar-refractivity contribution >= 4 is 33.1 Å². The molecule has 0 radical (unpaired) electrons. The number of aromatic nitrogens is 2. The molecule has 130 valence electrons. The number of hydrogen-bond donors (Lipinski definition) is 1. The van der Waals surface area contributed by atoms with Crippen molar-refractivity contribution in [1.82, 2.24) is 9.78 Å². The molecule has 2 aromatic carbocycles. The first kappa shape index (κ1) is 16.4. The van der Waals surface area contributed by atoms with Crippen molar-refractivity contribution in [3.8, 4) is 5.69 Å². The number of rotatable bonds is 3. The standard InChI is InChI=1S/C19H13F2N3OS/c1-11-16-10-17(18(25)22-14-4-2-3-13(21)9-14)26-19(16)24(23-11)15-7-5-12(20)6-8-15/h2-10H,1H3,(H,22,25). The molecule has 0 aliphatic carbocycles. The highest BCUT2D eigenvalue weighted by molar-refractivity contribution is 7.20. The third-order valence-corrected chi connectivity index (χ3v) is 5.03. The number of carbonyl (C=O) groups excluding carboxylic acids is 1. The monoisotopic (exact) mass is 369 g/mol. The van der Waals surface area contributed by atoms with E-state index < -0.39 is 5.82 Å². The molecule has 4 rings (SSSR count). The average Bonchev–Trinajstić information content (AvgIpc) is 3.17. The van der Waals surface area contributed by atoms with Gasteiger partial charge in [-0.25, -0.2) is 13.5 Å². The Morgan fingerprint density at radius 2 is 1.85 bits per heavy atom. The fourth-order valence-electron chi connectivity index (χ4n) is 2.68. The fraction of sp³-hybridized carbons (Fsp3) is 0.0526. The van der Waals surface area contributed by atoms with Crippen LogP contribution < -0.4 is 5.32 Å². The molecule has 0 bridgehead atoms. The van der Waals surface area contributed by atoms with Gasteiger partial charge >= 0.3 is 0 Å². The molecule has 0 aliphatic heterocycles. The summed E-state index contributed by atoms with van der Waals surface area (Å²) in [5.74, 6) is -1.06. The van der Waals surface area contributed by atoms with Gasteiger partial charge in [0.05, 0.1) is 16.3 Å². The number of amides is 1. The Kier molecular flexibility index (Phi) is 4.00. The van der Waals surface area contributed by atoms with Gasteiger partial charge in [0.2, 0.25) is 0 Å².